The van der Waals surface area contributed by atoms with Gasteiger partial charge in [-0.2, -0.15) is 0 Å². The van der Waals surface area contributed by atoms with Crippen molar-refractivity contribution in [2.75, 3.05) is 33.4 Å². The second kappa shape index (κ2) is 11.5. The van der Waals surface area contributed by atoms with Crippen molar-refractivity contribution in [3.05, 3.63) is 29.8 Å². The van der Waals surface area contributed by atoms with Crippen LogP contribution in [0.25, 0.3) is 0 Å². The van der Waals surface area contributed by atoms with Crippen molar-refractivity contribution in [3.63, 3.8) is 0 Å². The summed E-state index contributed by atoms with van der Waals surface area (Å²) in [7, 11) is -2.05. The Balaban J connectivity index is 0.00000338. The van der Waals surface area contributed by atoms with Gasteiger partial charge in [0, 0.05) is 26.6 Å². The average molecular weight is 406 g/mol. The van der Waals surface area contributed by atoms with Gasteiger partial charge in [-0.3, -0.25) is 4.79 Å². The molecule has 0 radical (unpaired) electrons. The molecule has 1 aliphatic rings. The summed E-state index contributed by atoms with van der Waals surface area (Å²) in [6, 6.07) is 6.59. The minimum atomic E-state index is -3.56. The summed E-state index contributed by atoms with van der Waals surface area (Å²) in [6.07, 6.45) is 2.52. The molecule has 3 N–H and O–H groups in total. The van der Waals surface area contributed by atoms with Crippen molar-refractivity contribution in [2.45, 2.75) is 30.7 Å². The molecule has 7 nitrogen and oxygen atoms in total. The summed E-state index contributed by atoms with van der Waals surface area (Å²) in [4.78, 5) is 12.1. The van der Waals surface area contributed by atoms with Crippen LogP contribution in [-0.2, 0) is 26.1 Å². The molecule has 1 amide bonds. The van der Waals surface area contributed by atoms with Gasteiger partial charge in [0.15, 0.2) is 0 Å². The van der Waals surface area contributed by atoms with Gasteiger partial charge in [-0.25, -0.2) is 13.1 Å². The summed E-state index contributed by atoms with van der Waals surface area (Å²) >= 11 is 0. The van der Waals surface area contributed by atoms with Crippen molar-refractivity contribution < 1.29 is 17.9 Å². The summed E-state index contributed by atoms with van der Waals surface area (Å²) in [6.45, 7) is 2.87. The molecule has 1 aliphatic heterocycles. The maximum atomic E-state index is 12.2. The van der Waals surface area contributed by atoms with Gasteiger partial charge < -0.3 is 15.4 Å². The molecule has 0 spiro atoms. The minimum absolute atomic E-state index is 0. The highest BCUT2D eigenvalue weighted by Gasteiger charge is 2.16. The molecular formula is C17H28ClN3O4S. The van der Waals surface area contributed by atoms with Crippen LogP contribution in [-0.4, -0.2) is 47.7 Å². The van der Waals surface area contributed by atoms with E-state index >= 15 is 0 Å². The summed E-state index contributed by atoms with van der Waals surface area (Å²) < 4.78 is 31.7. The van der Waals surface area contributed by atoms with E-state index in [9.17, 15) is 13.2 Å². The van der Waals surface area contributed by atoms with E-state index in [1.165, 1.54) is 13.2 Å². The molecule has 0 bridgehead atoms. The lowest BCUT2D eigenvalue weighted by atomic mass is 10.0. The highest BCUT2D eigenvalue weighted by molar-refractivity contribution is 7.89. The first-order valence-electron chi connectivity index (χ1n) is 8.56. The maximum Gasteiger partial charge on any atom is 0.240 e. The smallest absolute Gasteiger partial charge is 0.240 e. The molecule has 1 aromatic carbocycles. The molecular weight excluding hydrogens is 378 g/mol. The molecule has 0 aromatic heterocycles. The summed E-state index contributed by atoms with van der Waals surface area (Å²) in [5, 5.41) is 6.15. The quantitative estimate of drug-likeness (QED) is 0.505. The molecule has 26 heavy (non-hydrogen) atoms. The van der Waals surface area contributed by atoms with Gasteiger partial charge in [-0.1, -0.05) is 12.1 Å². The normalized spacial score (nSPS) is 16.9. The number of amides is 1. The van der Waals surface area contributed by atoms with Crippen LogP contribution in [0.4, 0.5) is 0 Å². The van der Waals surface area contributed by atoms with Crippen molar-refractivity contribution in [3.8, 4) is 0 Å². The third-order valence-electron chi connectivity index (χ3n) is 4.24. The summed E-state index contributed by atoms with van der Waals surface area (Å²) in [5.41, 5.74) is 0.755. The Kier molecular flexibility index (Phi) is 10.1. The number of rotatable bonds is 10. The molecule has 2 rings (SSSR count). The number of carbonyl (C=O) groups is 1. The predicted molar refractivity (Wildman–Crippen MR) is 103 cm³/mol. The van der Waals surface area contributed by atoms with Crippen LogP contribution in [0.3, 0.4) is 0 Å². The Labute approximate surface area is 161 Å². The van der Waals surface area contributed by atoms with E-state index in [2.05, 4.69) is 15.4 Å². The number of ether oxygens (including phenoxy) is 1. The van der Waals surface area contributed by atoms with Gasteiger partial charge in [0.05, 0.1) is 11.5 Å². The standard InChI is InChI=1S/C17H27N3O4S.ClH/c1-24-10-9-20-25(22,23)16-4-2-3-15(11-16)13-19-17(21)6-5-14-7-8-18-12-14;/h2-4,11,14,18,20H,5-10,12-13H2,1H3,(H,19,21);1H. The van der Waals surface area contributed by atoms with Crippen molar-refractivity contribution >= 4 is 28.3 Å². The van der Waals surface area contributed by atoms with E-state index < -0.39 is 10.0 Å². The molecule has 1 fully saturated rings. The molecule has 0 saturated carbocycles. The molecule has 0 aliphatic carbocycles. The zero-order chi connectivity index (χ0) is 18.1. The predicted octanol–water partition coefficient (Wildman–Crippen LogP) is 1.04. The van der Waals surface area contributed by atoms with E-state index in [0.29, 0.717) is 25.5 Å². The topological polar surface area (TPSA) is 96.5 Å². The van der Waals surface area contributed by atoms with Crippen molar-refractivity contribution in [1.82, 2.24) is 15.4 Å². The number of benzene rings is 1. The third kappa shape index (κ3) is 7.59. The largest absolute Gasteiger partial charge is 0.383 e. The zero-order valence-corrected chi connectivity index (χ0v) is 16.6. The second-order valence-electron chi connectivity index (χ2n) is 6.21. The number of sulfonamides is 1. The average Bonchev–Trinajstić information content (AvgIpc) is 3.12. The lowest BCUT2D eigenvalue weighted by molar-refractivity contribution is -0.121. The van der Waals surface area contributed by atoms with Crippen molar-refractivity contribution in [2.24, 2.45) is 5.92 Å². The number of carbonyl (C=O) groups excluding carboxylic acids is 1. The number of halogens is 1. The number of hydrogen-bond donors (Lipinski definition) is 3. The first-order valence-corrected chi connectivity index (χ1v) is 10.0. The molecule has 1 atom stereocenters. The minimum Gasteiger partial charge on any atom is -0.383 e. The van der Waals surface area contributed by atoms with E-state index in [-0.39, 0.29) is 29.8 Å². The second-order valence-corrected chi connectivity index (χ2v) is 7.98. The number of methoxy groups -OCH3 is 1. The SMILES string of the molecule is COCCNS(=O)(=O)c1cccc(CNC(=O)CCC2CCNC2)c1.Cl. The number of nitrogens with one attached hydrogen (secondary N) is 3. The maximum absolute atomic E-state index is 12.2. The molecule has 1 unspecified atom stereocenters. The van der Waals surface area contributed by atoms with Crippen LogP contribution in [0.2, 0.25) is 0 Å². The highest BCUT2D eigenvalue weighted by atomic mass is 35.5. The Morgan fingerprint density at radius 2 is 2.19 bits per heavy atom. The Morgan fingerprint density at radius 3 is 2.88 bits per heavy atom. The lowest BCUT2D eigenvalue weighted by Crippen LogP contribution is -2.27. The highest BCUT2D eigenvalue weighted by Crippen LogP contribution is 2.14. The first kappa shape index (κ1) is 22.9. The monoisotopic (exact) mass is 405 g/mol. The van der Waals surface area contributed by atoms with Crippen LogP contribution in [0.1, 0.15) is 24.8 Å². The van der Waals surface area contributed by atoms with E-state index in [4.69, 9.17) is 4.74 Å². The third-order valence-corrected chi connectivity index (χ3v) is 5.70. The van der Waals surface area contributed by atoms with Gasteiger partial charge >= 0.3 is 0 Å². The number of hydrogen-bond acceptors (Lipinski definition) is 5. The Morgan fingerprint density at radius 1 is 1.38 bits per heavy atom. The molecule has 1 heterocycles. The lowest BCUT2D eigenvalue weighted by Gasteiger charge is -2.10. The van der Waals surface area contributed by atoms with Gasteiger partial charge in [0.2, 0.25) is 15.9 Å². The van der Waals surface area contributed by atoms with Gasteiger partial charge in [0.1, 0.15) is 0 Å². The zero-order valence-electron chi connectivity index (χ0n) is 15.0. The van der Waals surface area contributed by atoms with E-state index in [1.807, 2.05) is 0 Å². The van der Waals surface area contributed by atoms with Crippen LogP contribution < -0.4 is 15.4 Å². The van der Waals surface area contributed by atoms with Gasteiger partial charge in [-0.05, 0) is 49.5 Å². The van der Waals surface area contributed by atoms with Gasteiger partial charge in [-0.15, -0.1) is 12.4 Å². The fourth-order valence-corrected chi connectivity index (χ4v) is 3.85. The fraction of sp³-hybridized carbons (Fsp3) is 0.588. The first-order chi connectivity index (χ1) is 12.0. The fourth-order valence-electron chi connectivity index (χ4n) is 2.77. The van der Waals surface area contributed by atoms with E-state index in [1.54, 1.807) is 18.2 Å². The van der Waals surface area contributed by atoms with Crippen LogP contribution >= 0.6 is 12.4 Å². The van der Waals surface area contributed by atoms with Gasteiger partial charge in [0.25, 0.3) is 0 Å². The summed E-state index contributed by atoms with van der Waals surface area (Å²) in [5.74, 6) is 0.579. The van der Waals surface area contributed by atoms with Crippen LogP contribution in [0, 0.1) is 5.92 Å². The van der Waals surface area contributed by atoms with E-state index in [0.717, 1.165) is 31.5 Å². The Bertz CT molecular complexity index is 664. The molecule has 148 valence electrons. The molecule has 1 saturated heterocycles. The van der Waals surface area contributed by atoms with Crippen LogP contribution in [0.15, 0.2) is 29.2 Å². The van der Waals surface area contributed by atoms with Crippen LogP contribution in [0.5, 0.6) is 0 Å². The molecule has 9 heteroatoms. The van der Waals surface area contributed by atoms with Crippen molar-refractivity contribution in [1.29, 1.82) is 0 Å². The molecule has 1 aromatic rings. The Hall–Kier alpha value is -1.19.